The third-order valence-corrected chi connectivity index (χ3v) is 3.31. The van der Waals surface area contributed by atoms with Gasteiger partial charge in [-0.2, -0.15) is 0 Å². The van der Waals surface area contributed by atoms with E-state index in [9.17, 15) is 0 Å². The van der Waals surface area contributed by atoms with Gasteiger partial charge in [-0.3, -0.25) is 4.99 Å². The second-order valence-corrected chi connectivity index (χ2v) is 7.10. The maximum atomic E-state index is 5.56. The minimum Gasteiger partial charge on any atom is -0.379 e. The van der Waals surface area contributed by atoms with Crippen molar-refractivity contribution in [3.8, 4) is 0 Å². The van der Waals surface area contributed by atoms with E-state index in [1.54, 1.807) is 0 Å². The zero-order valence-electron chi connectivity index (χ0n) is 17.2. The molecular formula is C18H41IN4O2. The fourth-order valence-electron chi connectivity index (χ4n) is 2.35. The number of nitrogens with one attached hydrogen (secondary N) is 2. The SMILES string of the molecule is CCCCOCCOCCNC(=NCC(C)(C)CN(C)C)NCC.I. The number of hydrogen-bond donors (Lipinski definition) is 2. The van der Waals surface area contributed by atoms with Crippen molar-refractivity contribution in [2.24, 2.45) is 10.4 Å². The molecule has 0 fully saturated rings. The summed E-state index contributed by atoms with van der Waals surface area (Å²) in [5.41, 5.74) is 0.151. The maximum Gasteiger partial charge on any atom is 0.191 e. The van der Waals surface area contributed by atoms with Crippen LogP contribution in [0.4, 0.5) is 0 Å². The Hall–Kier alpha value is -0.120. The molecule has 6 nitrogen and oxygen atoms in total. The summed E-state index contributed by atoms with van der Waals surface area (Å²) in [4.78, 5) is 6.89. The van der Waals surface area contributed by atoms with Crippen LogP contribution >= 0.6 is 24.0 Å². The number of aliphatic imine (C=N–C) groups is 1. The van der Waals surface area contributed by atoms with Gasteiger partial charge in [0.1, 0.15) is 0 Å². The highest BCUT2D eigenvalue weighted by molar-refractivity contribution is 14.0. The topological polar surface area (TPSA) is 58.1 Å². The molecule has 25 heavy (non-hydrogen) atoms. The molecule has 0 unspecified atom stereocenters. The van der Waals surface area contributed by atoms with E-state index < -0.39 is 0 Å². The van der Waals surface area contributed by atoms with Crippen molar-refractivity contribution in [3.63, 3.8) is 0 Å². The first kappa shape index (κ1) is 27.1. The van der Waals surface area contributed by atoms with E-state index in [1.165, 1.54) is 6.42 Å². The Morgan fingerprint density at radius 1 is 1.00 bits per heavy atom. The number of hydrogen-bond acceptors (Lipinski definition) is 4. The third kappa shape index (κ3) is 18.5. The van der Waals surface area contributed by atoms with Crippen LogP contribution in [-0.2, 0) is 9.47 Å². The highest BCUT2D eigenvalue weighted by Gasteiger charge is 2.18. The van der Waals surface area contributed by atoms with E-state index in [0.29, 0.717) is 19.8 Å². The van der Waals surface area contributed by atoms with Gasteiger partial charge in [0.25, 0.3) is 0 Å². The monoisotopic (exact) mass is 472 g/mol. The molecule has 0 radical (unpaired) electrons. The van der Waals surface area contributed by atoms with Gasteiger partial charge in [0.05, 0.1) is 19.8 Å². The van der Waals surface area contributed by atoms with Gasteiger partial charge in [-0.25, -0.2) is 0 Å². The summed E-state index contributed by atoms with van der Waals surface area (Å²) >= 11 is 0. The van der Waals surface area contributed by atoms with Gasteiger partial charge in [0, 0.05) is 32.8 Å². The fraction of sp³-hybridized carbons (Fsp3) is 0.944. The summed E-state index contributed by atoms with van der Waals surface area (Å²) in [5, 5.41) is 6.60. The highest BCUT2D eigenvalue weighted by atomic mass is 127. The minimum atomic E-state index is 0. The van der Waals surface area contributed by atoms with E-state index in [2.05, 4.69) is 57.3 Å². The minimum absolute atomic E-state index is 0. The normalized spacial score (nSPS) is 12.2. The molecule has 152 valence electrons. The lowest BCUT2D eigenvalue weighted by Crippen LogP contribution is -2.40. The largest absolute Gasteiger partial charge is 0.379 e. The molecule has 0 spiro atoms. The summed E-state index contributed by atoms with van der Waals surface area (Å²) in [6.45, 7) is 14.9. The van der Waals surface area contributed by atoms with Crippen molar-refractivity contribution in [3.05, 3.63) is 0 Å². The molecule has 0 heterocycles. The molecule has 0 aliphatic rings. The van der Waals surface area contributed by atoms with Crippen molar-refractivity contribution >= 4 is 29.9 Å². The van der Waals surface area contributed by atoms with Crippen LogP contribution in [0.5, 0.6) is 0 Å². The molecule has 0 aromatic rings. The van der Waals surface area contributed by atoms with Gasteiger partial charge in [-0.1, -0.05) is 27.2 Å². The Labute approximate surface area is 172 Å². The van der Waals surface area contributed by atoms with Crippen molar-refractivity contribution in [1.29, 1.82) is 0 Å². The van der Waals surface area contributed by atoms with Crippen molar-refractivity contribution < 1.29 is 9.47 Å². The van der Waals surface area contributed by atoms with Gasteiger partial charge in [0.2, 0.25) is 0 Å². The van der Waals surface area contributed by atoms with Crippen LogP contribution in [0.15, 0.2) is 4.99 Å². The lowest BCUT2D eigenvalue weighted by atomic mass is 9.93. The van der Waals surface area contributed by atoms with Crippen molar-refractivity contribution in [1.82, 2.24) is 15.5 Å². The van der Waals surface area contributed by atoms with Crippen LogP contribution in [0, 0.1) is 5.41 Å². The molecule has 0 amide bonds. The van der Waals surface area contributed by atoms with E-state index >= 15 is 0 Å². The number of nitrogens with zero attached hydrogens (tertiary/aromatic N) is 2. The molecule has 0 atom stereocenters. The second kappa shape index (κ2) is 17.3. The van der Waals surface area contributed by atoms with Crippen LogP contribution in [0.2, 0.25) is 0 Å². The summed E-state index contributed by atoms with van der Waals surface area (Å²) in [5.74, 6) is 0.854. The molecule has 0 bridgehead atoms. The first-order valence-electron chi connectivity index (χ1n) is 9.23. The average Bonchev–Trinajstić information content (AvgIpc) is 2.49. The average molecular weight is 472 g/mol. The predicted molar refractivity (Wildman–Crippen MR) is 118 cm³/mol. The summed E-state index contributed by atoms with van der Waals surface area (Å²) < 4.78 is 11.0. The number of unbranched alkanes of at least 4 members (excludes halogenated alkanes) is 1. The Morgan fingerprint density at radius 3 is 2.20 bits per heavy atom. The van der Waals surface area contributed by atoms with Crippen LogP contribution in [0.25, 0.3) is 0 Å². The summed E-state index contributed by atoms with van der Waals surface area (Å²) in [6, 6.07) is 0. The number of halogens is 1. The maximum absolute atomic E-state index is 5.56. The fourth-order valence-corrected chi connectivity index (χ4v) is 2.35. The molecule has 0 aliphatic heterocycles. The molecule has 0 saturated heterocycles. The molecule has 0 aliphatic carbocycles. The van der Waals surface area contributed by atoms with Gasteiger partial charge in [0.15, 0.2) is 5.96 Å². The Balaban J connectivity index is 0. The van der Waals surface area contributed by atoms with Gasteiger partial charge >= 0.3 is 0 Å². The second-order valence-electron chi connectivity index (χ2n) is 7.10. The lowest BCUT2D eigenvalue weighted by molar-refractivity contribution is 0.0487. The van der Waals surface area contributed by atoms with Crippen LogP contribution < -0.4 is 10.6 Å². The van der Waals surface area contributed by atoms with E-state index in [1.807, 2.05) is 0 Å². The first-order chi connectivity index (χ1) is 11.4. The third-order valence-electron chi connectivity index (χ3n) is 3.31. The quantitative estimate of drug-likeness (QED) is 0.176. The zero-order valence-corrected chi connectivity index (χ0v) is 19.5. The van der Waals surface area contributed by atoms with Gasteiger partial charge < -0.3 is 25.0 Å². The molecule has 0 saturated carbocycles. The Bertz CT molecular complexity index is 326. The molecule has 2 N–H and O–H groups in total. The summed E-state index contributed by atoms with van der Waals surface area (Å²) in [6.07, 6.45) is 2.29. The Kier molecular flexibility index (Phi) is 18.8. The molecule has 7 heteroatoms. The number of rotatable bonds is 14. The molecule has 0 aromatic heterocycles. The van der Waals surface area contributed by atoms with Crippen LogP contribution in [0.3, 0.4) is 0 Å². The summed E-state index contributed by atoms with van der Waals surface area (Å²) in [7, 11) is 4.19. The molecular weight excluding hydrogens is 431 g/mol. The predicted octanol–water partition coefficient (Wildman–Crippen LogP) is 2.58. The van der Waals surface area contributed by atoms with Gasteiger partial charge in [-0.15, -0.1) is 24.0 Å². The van der Waals surface area contributed by atoms with Crippen LogP contribution in [-0.4, -0.2) is 77.6 Å². The van der Waals surface area contributed by atoms with E-state index in [4.69, 9.17) is 14.5 Å². The zero-order chi connectivity index (χ0) is 18.3. The standard InChI is InChI=1S/C18H40N4O2.HI/c1-7-9-11-23-13-14-24-12-10-20-17(19-8-2)21-15-18(3,4)16-22(5)6;/h7-16H2,1-6H3,(H2,19,20,21);1H. The van der Waals surface area contributed by atoms with Crippen LogP contribution in [0.1, 0.15) is 40.5 Å². The highest BCUT2D eigenvalue weighted by Crippen LogP contribution is 2.15. The Morgan fingerprint density at radius 2 is 1.64 bits per heavy atom. The van der Waals surface area contributed by atoms with Crippen molar-refractivity contribution in [2.45, 2.75) is 40.5 Å². The smallest absolute Gasteiger partial charge is 0.191 e. The van der Waals surface area contributed by atoms with E-state index in [0.717, 1.165) is 45.2 Å². The molecule has 0 aromatic carbocycles. The number of ether oxygens (including phenoxy) is 2. The van der Waals surface area contributed by atoms with Crippen molar-refractivity contribution in [2.75, 3.05) is 66.7 Å². The lowest BCUT2D eigenvalue weighted by Gasteiger charge is -2.26. The van der Waals surface area contributed by atoms with E-state index in [-0.39, 0.29) is 29.4 Å². The molecule has 0 rings (SSSR count). The first-order valence-corrected chi connectivity index (χ1v) is 9.23. The van der Waals surface area contributed by atoms with Gasteiger partial charge in [-0.05, 0) is 32.9 Å². The number of guanidine groups is 1.